The fourth-order valence-corrected chi connectivity index (χ4v) is 5.88. The van der Waals surface area contributed by atoms with E-state index in [9.17, 15) is 0 Å². The summed E-state index contributed by atoms with van der Waals surface area (Å²) in [6.45, 7) is 9.04. The molecule has 0 radical (unpaired) electrons. The largest absolute Gasteiger partial charge is 0.365 e. The predicted molar refractivity (Wildman–Crippen MR) is 145 cm³/mol. The summed E-state index contributed by atoms with van der Waals surface area (Å²) in [4.78, 5) is 15.0. The van der Waals surface area contributed by atoms with Crippen molar-refractivity contribution in [3.8, 4) is 11.3 Å². The number of hydrogen-bond donors (Lipinski definition) is 1. The molecule has 2 aliphatic rings. The maximum atomic E-state index is 5.07. The molecule has 3 atom stereocenters. The first-order valence-electron chi connectivity index (χ1n) is 12.8. The molecule has 0 spiro atoms. The number of hydrogen-bond acceptors (Lipinski definition) is 5. The Hall–Kier alpha value is -3.44. The molecule has 2 saturated heterocycles. The fourth-order valence-electron chi connectivity index (χ4n) is 5.88. The van der Waals surface area contributed by atoms with Gasteiger partial charge in [-0.05, 0) is 57.0 Å². The molecule has 178 valence electrons. The second-order valence-electron chi connectivity index (χ2n) is 10.2. The minimum absolute atomic E-state index is 0.170. The van der Waals surface area contributed by atoms with Gasteiger partial charge in [0.25, 0.3) is 0 Å². The molecule has 2 aromatic heterocycles. The van der Waals surface area contributed by atoms with Crippen molar-refractivity contribution in [1.82, 2.24) is 14.9 Å². The number of anilines is 2. The Bertz CT molecular complexity index is 1340. The number of nitrogens with one attached hydrogen (secondary N) is 1. The molecule has 4 heterocycles. The van der Waals surface area contributed by atoms with E-state index in [1.54, 1.807) is 0 Å². The third-order valence-electron chi connectivity index (χ3n) is 7.67. The van der Waals surface area contributed by atoms with E-state index < -0.39 is 0 Å². The van der Waals surface area contributed by atoms with Crippen LogP contribution in [0.1, 0.15) is 38.8 Å². The van der Waals surface area contributed by atoms with Gasteiger partial charge in [0, 0.05) is 60.1 Å². The number of likely N-dealkylation sites (tertiary alicyclic amines) is 1. The lowest BCUT2D eigenvalue weighted by molar-refractivity contribution is 0.191. The van der Waals surface area contributed by atoms with Crippen molar-refractivity contribution >= 4 is 22.4 Å². The molecule has 35 heavy (non-hydrogen) atoms. The zero-order valence-electron chi connectivity index (χ0n) is 20.7. The summed E-state index contributed by atoms with van der Waals surface area (Å²) in [5, 5.41) is 4.80. The Morgan fingerprint density at radius 3 is 2.46 bits per heavy atom. The van der Waals surface area contributed by atoms with Gasteiger partial charge in [0.1, 0.15) is 5.82 Å². The molecule has 0 saturated carbocycles. The summed E-state index contributed by atoms with van der Waals surface area (Å²) in [6, 6.07) is 27.5. The third-order valence-corrected chi connectivity index (χ3v) is 7.67. The van der Waals surface area contributed by atoms with E-state index in [2.05, 4.69) is 108 Å². The standard InChI is InChI=1S/C30H33N5/c1-20(2)34-18-25-16-24(34)19-35(25)29-17-28(33-27-12-8-7-11-26(27)29)23-13-14-31-30(15-23)32-21(3)22-9-5-4-6-10-22/h4-15,17,20-21,24-25H,16,18-19H2,1-3H3,(H,31,32). The van der Waals surface area contributed by atoms with E-state index >= 15 is 0 Å². The number of aromatic nitrogens is 2. The van der Waals surface area contributed by atoms with Gasteiger partial charge in [-0.15, -0.1) is 0 Å². The minimum atomic E-state index is 0.170. The normalized spacial score (nSPS) is 20.6. The molecule has 0 aliphatic carbocycles. The number of benzene rings is 2. The lowest BCUT2D eigenvalue weighted by Gasteiger charge is -2.38. The van der Waals surface area contributed by atoms with Crippen molar-refractivity contribution < 1.29 is 0 Å². The maximum Gasteiger partial charge on any atom is 0.127 e. The summed E-state index contributed by atoms with van der Waals surface area (Å²) >= 11 is 0. The van der Waals surface area contributed by atoms with Crippen molar-refractivity contribution in [1.29, 1.82) is 0 Å². The molecular formula is C30H33N5. The summed E-state index contributed by atoms with van der Waals surface area (Å²) in [5.74, 6) is 0.864. The lowest BCUT2D eigenvalue weighted by atomic mass is 10.1. The summed E-state index contributed by atoms with van der Waals surface area (Å²) in [7, 11) is 0. The second-order valence-corrected chi connectivity index (χ2v) is 10.2. The van der Waals surface area contributed by atoms with E-state index in [0.29, 0.717) is 18.1 Å². The van der Waals surface area contributed by atoms with Gasteiger partial charge in [0.2, 0.25) is 0 Å². The van der Waals surface area contributed by atoms with Crippen molar-refractivity contribution in [3.05, 3.63) is 84.6 Å². The summed E-state index contributed by atoms with van der Waals surface area (Å²) < 4.78 is 0. The minimum Gasteiger partial charge on any atom is -0.365 e. The molecule has 1 N–H and O–H groups in total. The van der Waals surface area contributed by atoms with Gasteiger partial charge in [0.05, 0.1) is 11.2 Å². The second kappa shape index (κ2) is 8.97. The van der Waals surface area contributed by atoms with Gasteiger partial charge in [-0.25, -0.2) is 9.97 Å². The Kier molecular flexibility index (Phi) is 5.65. The van der Waals surface area contributed by atoms with Crippen LogP contribution in [0.5, 0.6) is 0 Å². The van der Waals surface area contributed by atoms with Gasteiger partial charge >= 0.3 is 0 Å². The monoisotopic (exact) mass is 463 g/mol. The Morgan fingerprint density at radius 2 is 1.69 bits per heavy atom. The molecule has 2 aliphatic heterocycles. The van der Waals surface area contributed by atoms with Crippen LogP contribution in [0.15, 0.2) is 79.0 Å². The molecule has 4 aromatic rings. The van der Waals surface area contributed by atoms with E-state index in [4.69, 9.17) is 4.98 Å². The number of nitrogens with zero attached hydrogens (tertiary/aromatic N) is 4. The average Bonchev–Trinajstić information content (AvgIpc) is 3.50. The average molecular weight is 464 g/mol. The number of piperazine rings is 1. The summed E-state index contributed by atoms with van der Waals surface area (Å²) in [6.07, 6.45) is 3.13. The van der Waals surface area contributed by atoms with Gasteiger partial charge in [-0.1, -0.05) is 48.5 Å². The Balaban J connectivity index is 1.34. The maximum absolute atomic E-state index is 5.07. The topological polar surface area (TPSA) is 44.3 Å². The number of rotatable bonds is 6. The lowest BCUT2D eigenvalue weighted by Crippen LogP contribution is -2.49. The fraction of sp³-hybridized carbons (Fsp3) is 0.333. The highest BCUT2D eigenvalue weighted by Gasteiger charge is 2.44. The van der Waals surface area contributed by atoms with Crippen LogP contribution >= 0.6 is 0 Å². The Morgan fingerprint density at radius 1 is 0.886 bits per heavy atom. The van der Waals surface area contributed by atoms with Crippen molar-refractivity contribution in [2.45, 2.75) is 51.4 Å². The molecule has 5 heteroatoms. The van der Waals surface area contributed by atoms with E-state index in [1.807, 2.05) is 12.3 Å². The highest BCUT2D eigenvalue weighted by molar-refractivity contribution is 5.94. The van der Waals surface area contributed by atoms with Crippen LogP contribution in [-0.4, -0.2) is 46.1 Å². The van der Waals surface area contributed by atoms with Crippen LogP contribution in [0, 0.1) is 0 Å². The SMILES string of the molecule is CC(Nc1cc(-c2cc(N3CC4CC3CN4C(C)C)c3ccccc3n2)ccn1)c1ccccc1. The van der Waals surface area contributed by atoms with E-state index in [-0.39, 0.29) is 6.04 Å². The molecule has 0 amide bonds. The molecule has 2 bridgehead atoms. The smallest absolute Gasteiger partial charge is 0.127 e. The van der Waals surface area contributed by atoms with Crippen LogP contribution < -0.4 is 10.2 Å². The van der Waals surface area contributed by atoms with Gasteiger partial charge in [-0.3, -0.25) is 4.90 Å². The molecule has 3 unspecified atom stereocenters. The van der Waals surface area contributed by atoms with Crippen molar-refractivity contribution in [3.63, 3.8) is 0 Å². The molecular weight excluding hydrogens is 430 g/mol. The highest BCUT2D eigenvalue weighted by atomic mass is 15.4. The molecule has 5 nitrogen and oxygen atoms in total. The first-order valence-corrected chi connectivity index (χ1v) is 12.8. The van der Waals surface area contributed by atoms with Gasteiger partial charge in [0.15, 0.2) is 0 Å². The highest BCUT2D eigenvalue weighted by Crippen LogP contribution is 2.40. The number of fused-ring (bicyclic) bond motifs is 3. The van der Waals surface area contributed by atoms with Crippen molar-refractivity contribution in [2.75, 3.05) is 23.3 Å². The number of para-hydroxylation sites is 1. The molecule has 2 aromatic carbocycles. The zero-order valence-corrected chi connectivity index (χ0v) is 20.7. The van der Waals surface area contributed by atoms with Crippen LogP contribution in [-0.2, 0) is 0 Å². The first kappa shape index (κ1) is 22.1. The predicted octanol–water partition coefficient (Wildman–Crippen LogP) is 6.14. The zero-order chi connectivity index (χ0) is 23.9. The van der Waals surface area contributed by atoms with Crippen LogP contribution in [0.25, 0.3) is 22.2 Å². The molecule has 6 rings (SSSR count). The van der Waals surface area contributed by atoms with Crippen LogP contribution in [0.3, 0.4) is 0 Å². The summed E-state index contributed by atoms with van der Waals surface area (Å²) in [5.41, 5.74) is 5.69. The number of pyridine rings is 2. The van der Waals surface area contributed by atoms with Crippen LogP contribution in [0.4, 0.5) is 11.5 Å². The van der Waals surface area contributed by atoms with Gasteiger partial charge < -0.3 is 10.2 Å². The van der Waals surface area contributed by atoms with Gasteiger partial charge in [-0.2, -0.15) is 0 Å². The molecule has 2 fully saturated rings. The van der Waals surface area contributed by atoms with E-state index in [0.717, 1.165) is 35.7 Å². The Labute approximate surface area is 207 Å². The van der Waals surface area contributed by atoms with E-state index in [1.165, 1.54) is 23.1 Å². The quantitative estimate of drug-likeness (QED) is 0.372. The first-order chi connectivity index (χ1) is 17.1. The van der Waals surface area contributed by atoms with Crippen LogP contribution in [0.2, 0.25) is 0 Å². The third kappa shape index (κ3) is 4.14. The van der Waals surface area contributed by atoms with Crippen molar-refractivity contribution in [2.24, 2.45) is 0 Å².